The van der Waals surface area contributed by atoms with E-state index in [4.69, 9.17) is 30.6 Å². The molecule has 0 aromatic carbocycles. The summed E-state index contributed by atoms with van der Waals surface area (Å²) >= 11 is 0. The number of Topliss-reactive ketones (excluding diaryl/α,β-unsaturated/α-hetero) is 1. The highest BCUT2D eigenvalue weighted by Gasteiger charge is 2.03. The van der Waals surface area contributed by atoms with Crippen LogP contribution in [0, 0.1) is 0 Å². The number of nitrogens with zero attached hydrogens (tertiary/aromatic N) is 2. The third-order valence-corrected chi connectivity index (χ3v) is 1.48. The molecule has 20 heavy (non-hydrogen) atoms. The minimum Gasteiger partial charge on any atom is -0.363 e. The smallest absolute Gasteiger partial charge is 0.212 e. The number of carbonyl (C=O) groups excluding carboxylic acids is 1. The summed E-state index contributed by atoms with van der Waals surface area (Å²) in [5.74, 6) is 7.37. The van der Waals surface area contributed by atoms with Gasteiger partial charge in [0, 0.05) is 0 Å². The van der Waals surface area contributed by atoms with E-state index in [1.807, 2.05) is 0 Å². The van der Waals surface area contributed by atoms with E-state index in [-0.39, 0.29) is 11.4 Å². The van der Waals surface area contributed by atoms with Crippen LogP contribution in [-0.2, 0) is 4.79 Å². The van der Waals surface area contributed by atoms with Gasteiger partial charge in [0.2, 0.25) is 6.29 Å². The number of ketones is 1. The lowest BCUT2D eigenvalue weighted by atomic mass is 10.4. The molecule has 0 radical (unpaired) electrons. The molecule has 0 rings (SSSR count). The van der Waals surface area contributed by atoms with E-state index >= 15 is 0 Å². The van der Waals surface area contributed by atoms with Crippen molar-refractivity contribution in [1.29, 1.82) is 0 Å². The number of hydrazine groups is 1. The van der Waals surface area contributed by atoms with Gasteiger partial charge in [0.1, 0.15) is 0 Å². The molecule has 11 nitrogen and oxygen atoms in total. The van der Waals surface area contributed by atoms with Gasteiger partial charge < -0.3 is 30.6 Å². The Morgan fingerprint density at radius 3 is 1.05 bits per heavy atom. The molecule has 0 aliphatic heterocycles. The average molecular weight is 298 g/mol. The van der Waals surface area contributed by atoms with Crippen LogP contribution in [-0.4, -0.2) is 66.7 Å². The maximum absolute atomic E-state index is 9.64. The molecule has 0 fully saturated rings. The van der Waals surface area contributed by atoms with Crippen molar-refractivity contribution in [2.45, 2.75) is 39.6 Å². The zero-order valence-electron chi connectivity index (χ0n) is 11.4. The van der Waals surface area contributed by atoms with Crippen LogP contribution in [0.2, 0.25) is 0 Å². The van der Waals surface area contributed by atoms with Gasteiger partial charge in [0.25, 0.3) is 0 Å². The zero-order valence-corrected chi connectivity index (χ0v) is 11.4. The minimum atomic E-state index is -1.79. The quantitative estimate of drug-likeness (QED) is 0.110. The maximum Gasteiger partial charge on any atom is 0.212 e. The van der Waals surface area contributed by atoms with Crippen LogP contribution in [0.1, 0.15) is 20.8 Å². The van der Waals surface area contributed by atoms with Crippen LogP contribution >= 0.6 is 0 Å². The summed E-state index contributed by atoms with van der Waals surface area (Å²) in [6.07, 6.45) is -5.13. The average Bonchev–Trinajstić information content (AvgIpc) is 2.38. The predicted molar refractivity (Wildman–Crippen MR) is 70.0 cm³/mol. The lowest BCUT2D eigenvalue weighted by molar-refractivity contribution is -0.142. The first-order valence-electron chi connectivity index (χ1n) is 5.10. The number of nitrogens with two attached hydrogens (primary N) is 2. The van der Waals surface area contributed by atoms with Crippen molar-refractivity contribution >= 4 is 17.2 Å². The van der Waals surface area contributed by atoms with Gasteiger partial charge in [0.05, 0.1) is 11.4 Å². The van der Waals surface area contributed by atoms with Crippen LogP contribution in [0.15, 0.2) is 10.2 Å². The summed E-state index contributed by atoms with van der Waals surface area (Å²) < 4.78 is 0. The topological polar surface area (TPSA) is 215 Å². The molecule has 0 heterocycles. The lowest BCUT2D eigenvalue weighted by Gasteiger charge is -2.01. The number of hydrogen-bond donors (Lipinski definition) is 8. The number of aliphatic hydroxyl groups excluding tert-OH is 3. The molecule has 0 aliphatic rings. The van der Waals surface area contributed by atoms with E-state index in [0.717, 1.165) is 6.92 Å². The van der Waals surface area contributed by atoms with Gasteiger partial charge >= 0.3 is 0 Å². The highest BCUT2D eigenvalue weighted by molar-refractivity contribution is 5.88. The summed E-state index contributed by atoms with van der Waals surface area (Å²) in [6.45, 7) is 3.81. The van der Waals surface area contributed by atoms with Crippen molar-refractivity contribution in [3.05, 3.63) is 0 Å². The Bertz CT molecular complexity index is 293. The second kappa shape index (κ2) is 14.1. The number of hydrogen-bond acceptors (Lipinski definition) is 11. The molecule has 120 valence electrons. The van der Waals surface area contributed by atoms with Gasteiger partial charge in [-0.2, -0.15) is 10.2 Å². The fourth-order valence-electron chi connectivity index (χ4n) is 0.261. The Balaban J connectivity index is -0.000000304. The molecule has 0 saturated heterocycles. The molecule has 10 N–H and O–H groups in total. The predicted octanol–water partition coefficient (Wildman–Crippen LogP) is -3.85. The van der Waals surface area contributed by atoms with Gasteiger partial charge in [-0.05, 0) is 20.8 Å². The van der Waals surface area contributed by atoms with E-state index in [2.05, 4.69) is 21.9 Å². The Hall–Kier alpha value is -1.31. The monoisotopic (exact) mass is 298 g/mol. The second-order valence-electron chi connectivity index (χ2n) is 3.21. The van der Waals surface area contributed by atoms with E-state index in [0.29, 0.717) is 0 Å². The fraction of sp³-hybridized carbons (Fsp3) is 0.667. The molecule has 0 aliphatic carbocycles. The van der Waals surface area contributed by atoms with Crippen LogP contribution in [0.4, 0.5) is 0 Å². The van der Waals surface area contributed by atoms with Crippen LogP contribution in [0.5, 0.6) is 0 Å². The Labute approximate surface area is 115 Å². The third-order valence-electron chi connectivity index (χ3n) is 1.48. The first kappa shape index (κ1) is 23.8. The normalized spacial score (nSPS) is 11.9. The number of aliphatic hydroxyl groups is 6. The van der Waals surface area contributed by atoms with Crippen molar-refractivity contribution in [3.8, 4) is 0 Å². The third kappa shape index (κ3) is 16.7. The summed E-state index contributed by atoms with van der Waals surface area (Å²) in [6, 6.07) is 0. The summed E-state index contributed by atoms with van der Waals surface area (Å²) in [4.78, 5) is 9.64. The van der Waals surface area contributed by atoms with Gasteiger partial charge in [-0.3, -0.25) is 16.5 Å². The molecular weight excluding hydrogens is 276 g/mol. The molecule has 0 unspecified atom stereocenters. The van der Waals surface area contributed by atoms with Crippen molar-refractivity contribution in [3.63, 3.8) is 0 Å². The summed E-state index contributed by atoms with van der Waals surface area (Å²) in [7, 11) is 0. The summed E-state index contributed by atoms with van der Waals surface area (Å²) in [5, 5.41) is 56.3. The Morgan fingerprint density at radius 2 is 0.950 bits per heavy atom. The molecular formula is C9H22N4O7. The molecule has 0 aromatic heterocycles. The molecule has 0 aromatic rings. The molecule has 0 atom stereocenters. The van der Waals surface area contributed by atoms with Gasteiger partial charge in [0.15, 0.2) is 18.4 Å². The van der Waals surface area contributed by atoms with E-state index in [9.17, 15) is 4.79 Å². The highest BCUT2D eigenvalue weighted by Crippen LogP contribution is 1.89. The fourth-order valence-corrected chi connectivity index (χ4v) is 0.261. The SMILES string of the molecule is C/C(=N\N=C(/C)C(O)O)C(O)O.CC(=O)C(O)O.NN. The molecule has 0 spiro atoms. The summed E-state index contributed by atoms with van der Waals surface area (Å²) in [5.41, 5.74) is -0.0370. The van der Waals surface area contributed by atoms with Crippen molar-refractivity contribution in [2.24, 2.45) is 21.9 Å². The van der Waals surface area contributed by atoms with Gasteiger partial charge in [-0.25, -0.2) is 0 Å². The van der Waals surface area contributed by atoms with E-state index < -0.39 is 24.7 Å². The van der Waals surface area contributed by atoms with Crippen molar-refractivity contribution in [2.75, 3.05) is 0 Å². The molecule has 0 bridgehead atoms. The van der Waals surface area contributed by atoms with Crippen molar-refractivity contribution < 1.29 is 35.4 Å². The number of rotatable bonds is 4. The van der Waals surface area contributed by atoms with Gasteiger partial charge in [-0.1, -0.05) is 0 Å². The van der Waals surface area contributed by atoms with E-state index in [1.165, 1.54) is 13.8 Å². The largest absolute Gasteiger partial charge is 0.363 e. The maximum atomic E-state index is 9.64. The minimum absolute atomic E-state index is 0.0185. The zero-order chi connectivity index (χ0) is 16.9. The van der Waals surface area contributed by atoms with Crippen LogP contribution < -0.4 is 11.7 Å². The molecule has 0 amide bonds. The Morgan fingerprint density at radius 1 is 0.750 bits per heavy atom. The highest BCUT2D eigenvalue weighted by atomic mass is 16.5. The second-order valence-corrected chi connectivity index (χ2v) is 3.21. The molecule has 11 heteroatoms. The van der Waals surface area contributed by atoms with E-state index in [1.54, 1.807) is 0 Å². The first-order valence-corrected chi connectivity index (χ1v) is 5.10. The van der Waals surface area contributed by atoms with Crippen LogP contribution in [0.3, 0.4) is 0 Å². The number of carbonyl (C=O) groups is 1. The molecule has 0 saturated carbocycles. The Kier molecular flexibility index (Phi) is 16.8. The standard InChI is InChI=1S/C6H12N2O4.C3H6O3.H4N2/c1-3(5(9)10)7-8-4(2)6(11)12;1-2(4)3(5)6;1-2/h5-6,9-12H,1-2H3;3,5-6H,1H3;1-2H2/b7-3+,8-4+;;. The van der Waals surface area contributed by atoms with Gasteiger partial charge in [-0.15, -0.1) is 0 Å². The van der Waals surface area contributed by atoms with Crippen molar-refractivity contribution in [1.82, 2.24) is 0 Å². The van der Waals surface area contributed by atoms with Crippen LogP contribution in [0.25, 0.3) is 0 Å². The lowest BCUT2D eigenvalue weighted by Crippen LogP contribution is -2.17. The first-order chi connectivity index (χ1) is 9.09.